The van der Waals surface area contributed by atoms with Gasteiger partial charge in [-0.1, -0.05) is 12.1 Å². The Kier molecular flexibility index (Phi) is 4.28. The Morgan fingerprint density at radius 3 is 2.58 bits per heavy atom. The smallest absolute Gasteiger partial charge is 0.248 e. The first-order valence-electron chi connectivity index (χ1n) is 8.97. The first-order valence-corrected chi connectivity index (χ1v) is 8.97. The zero-order valence-corrected chi connectivity index (χ0v) is 14.4. The van der Waals surface area contributed by atoms with E-state index in [2.05, 4.69) is 11.0 Å². The van der Waals surface area contributed by atoms with Crippen molar-refractivity contribution in [2.45, 2.75) is 50.7 Å². The van der Waals surface area contributed by atoms with Crippen molar-refractivity contribution in [2.75, 3.05) is 6.54 Å². The molecule has 3 nitrogen and oxygen atoms in total. The Morgan fingerprint density at radius 2 is 1.88 bits per heavy atom. The lowest BCUT2D eigenvalue weighted by atomic mass is 9.91. The maximum Gasteiger partial charge on any atom is 0.248 e. The van der Waals surface area contributed by atoms with E-state index >= 15 is 0 Å². The van der Waals surface area contributed by atoms with Gasteiger partial charge in [0, 0.05) is 49.8 Å². The van der Waals surface area contributed by atoms with Crippen LogP contribution in [0.5, 0.6) is 0 Å². The number of aromatic nitrogens is 1. The normalized spacial score (nSPS) is 20.5. The number of hydrogen-bond acceptors (Lipinski definition) is 2. The van der Waals surface area contributed by atoms with Crippen LogP contribution in [0.1, 0.15) is 37.1 Å². The maximum atomic E-state index is 13.6. The number of nitrogens with zero attached hydrogens (tertiary/aromatic N) is 3. The quantitative estimate of drug-likeness (QED) is 0.787. The van der Waals surface area contributed by atoms with Gasteiger partial charge >= 0.3 is 0 Å². The highest BCUT2D eigenvalue weighted by Gasteiger charge is 2.37. The minimum Gasteiger partial charge on any atom is -0.333 e. The Hall–Kier alpha value is -2.26. The highest BCUT2D eigenvalue weighted by Crippen LogP contribution is 2.37. The van der Waals surface area contributed by atoms with Gasteiger partial charge in [-0.3, -0.25) is 4.90 Å². The third-order valence-electron chi connectivity index (χ3n) is 5.60. The summed E-state index contributed by atoms with van der Waals surface area (Å²) in [6, 6.07) is 10.6. The van der Waals surface area contributed by atoms with Gasteiger partial charge in [0.1, 0.15) is 17.6 Å². The van der Waals surface area contributed by atoms with Crippen LogP contribution in [0, 0.1) is 17.1 Å². The Morgan fingerprint density at radius 1 is 1.12 bits per heavy atom. The van der Waals surface area contributed by atoms with Crippen LogP contribution in [-0.2, 0) is 13.1 Å². The molecule has 0 saturated heterocycles. The lowest BCUT2D eigenvalue weighted by Gasteiger charge is -2.39. The molecule has 136 valence electrons. The summed E-state index contributed by atoms with van der Waals surface area (Å²) in [5.74, 6) is -2.86. The minimum absolute atomic E-state index is 0.0484. The highest BCUT2D eigenvalue weighted by atomic mass is 19.3. The van der Waals surface area contributed by atoms with Crippen LogP contribution in [0.3, 0.4) is 0 Å². The van der Waals surface area contributed by atoms with Crippen molar-refractivity contribution in [3.05, 3.63) is 47.5 Å². The molecule has 0 unspecified atom stereocenters. The molecule has 1 fully saturated rings. The topological polar surface area (TPSA) is 32.0 Å². The Bertz CT molecular complexity index is 856. The fourth-order valence-corrected chi connectivity index (χ4v) is 4.20. The van der Waals surface area contributed by atoms with Crippen molar-refractivity contribution >= 4 is 0 Å². The molecule has 0 N–H and O–H groups in total. The average Bonchev–Trinajstić information content (AvgIpc) is 2.99. The van der Waals surface area contributed by atoms with E-state index in [0.29, 0.717) is 37.2 Å². The molecule has 0 bridgehead atoms. The van der Waals surface area contributed by atoms with Crippen molar-refractivity contribution in [3.8, 4) is 17.2 Å². The number of rotatable bonds is 2. The van der Waals surface area contributed by atoms with Crippen molar-refractivity contribution < 1.29 is 13.2 Å². The van der Waals surface area contributed by atoms with Gasteiger partial charge in [0.05, 0.1) is 0 Å². The summed E-state index contributed by atoms with van der Waals surface area (Å²) in [6.07, 6.45) is 0.922. The molecule has 6 heteroatoms. The van der Waals surface area contributed by atoms with Gasteiger partial charge in [-0.25, -0.2) is 13.2 Å². The zero-order chi connectivity index (χ0) is 18.3. The highest BCUT2D eigenvalue weighted by molar-refractivity contribution is 5.70. The van der Waals surface area contributed by atoms with Crippen LogP contribution in [0.25, 0.3) is 11.1 Å². The lowest BCUT2D eigenvalue weighted by Crippen LogP contribution is -2.44. The third kappa shape index (κ3) is 3.12. The van der Waals surface area contributed by atoms with Gasteiger partial charge in [0.25, 0.3) is 0 Å². The van der Waals surface area contributed by atoms with E-state index in [1.165, 1.54) is 12.1 Å². The second-order valence-electron chi connectivity index (χ2n) is 7.23. The molecule has 4 rings (SSSR count). The monoisotopic (exact) mass is 359 g/mol. The molecular formula is C20H20F3N3. The number of nitriles is 1. The Balaban J connectivity index is 1.59. The zero-order valence-electron chi connectivity index (χ0n) is 14.4. The molecule has 1 aliphatic heterocycles. The second kappa shape index (κ2) is 6.48. The molecule has 0 radical (unpaired) electrons. The summed E-state index contributed by atoms with van der Waals surface area (Å²) in [4.78, 5) is 2.25. The molecule has 0 spiro atoms. The summed E-state index contributed by atoms with van der Waals surface area (Å²) < 4.78 is 42.4. The van der Waals surface area contributed by atoms with Gasteiger partial charge in [-0.05, 0) is 36.6 Å². The molecule has 2 aliphatic rings. The van der Waals surface area contributed by atoms with Gasteiger partial charge < -0.3 is 4.57 Å². The van der Waals surface area contributed by atoms with Gasteiger partial charge in [-0.2, -0.15) is 5.26 Å². The van der Waals surface area contributed by atoms with E-state index in [1.807, 2.05) is 10.6 Å². The van der Waals surface area contributed by atoms with Crippen LogP contribution < -0.4 is 0 Å². The van der Waals surface area contributed by atoms with Gasteiger partial charge in [-0.15, -0.1) is 0 Å². The van der Waals surface area contributed by atoms with Crippen molar-refractivity contribution in [2.24, 2.45) is 0 Å². The lowest BCUT2D eigenvalue weighted by molar-refractivity contribution is -0.0563. The predicted molar refractivity (Wildman–Crippen MR) is 92.2 cm³/mol. The fourth-order valence-electron chi connectivity index (χ4n) is 4.20. The largest absolute Gasteiger partial charge is 0.333 e. The SMILES string of the molecule is N#Cc1c(-c2cccc(F)c2)cc2n1CCN(C1CCC(F)(F)CC1)C2. The van der Waals surface area contributed by atoms with Crippen molar-refractivity contribution in [1.82, 2.24) is 9.47 Å². The molecule has 26 heavy (non-hydrogen) atoms. The third-order valence-corrected chi connectivity index (χ3v) is 5.60. The van der Waals surface area contributed by atoms with E-state index in [4.69, 9.17) is 0 Å². The van der Waals surface area contributed by atoms with Crippen LogP contribution >= 0.6 is 0 Å². The predicted octanol–water partition coefficient (Wildman–Crippen LogP) is 4.56. The van der Waals surface area contributed by atoms with E-state index in [0.717, 1.165) is 17.8 Å². The molecule has 1 aromatic heterocycles. The number of benzene rings is 1. The maximum absolute atomic E-state index is 13.6. The second-order valence-corrected chi connectivity index (χ2v) is 7.23. The minimum atomic E-state index is -2.52. The summed E-state index contributed by atoms with van der Waals surface area (Å²) in [6.45, 7) is 2.04. The molecule has 1 aromatic carbocycles. The van der Waals surface area contributed by atoms with Crippen LogP contribution in [0.2, 0.25) is 0 Å². The Labute approximate surface area is 150 Å². The molecule has 2 aromatic rings. The standard InChI is InChI=1S/C20H20F3N3/c21-15-3-1-2-14(10-15)18-11-17-13-25(8-9-26(17)19(18)12-24)16-4-6-20(22,23)7-5-16/h1-3,10-11,16H,4-9,13H2. The molecule has 1 aliphatic carbocycles. The van der Waals surface area contributed by atoms with Crippen molar-refractivity contribution in [3.63, 3.8) is 0 Å². The van der Waals surface area contributed by atoms with Crippen LogP contribution in [0.15, 0.2) is 30.3 Å². The molecule has 1 saturated carbocycles. The molecular weight excluding hydrogens is 339 g/mol. The number of halogens is 3. The van der Waals surface area contributed by atoms with E-state index in [-0.39, 0.29) is 24.7 Å². The summed E-state index contributed by atoms with van der Waals surface area (Å²) in [5, 5.41) is 9.60. The van der Waals surface area contributed by atoms with Gasteiger partial charge in [0.2, 0.25) is 5.92 Å². The molecule has 0 amide bonds. The molecule has 2 heterocycles. The summed E-state index contributed by atoms with van der Waals surface area (Å²) >= 11 is 0. The van der Waals surface area contributed by atoms with Crippen LogP contribution in [-0.4, -0.2) is 28.0 Å². The first kappa shape index (κ1) is 17.2. The molecule has 0 atom stereocenters. The number of alkyl halides is 2. The average molecular weight is 359 g/mol. The van der Waals surface area contributed by atoms with Crippen LogP contribution in [0.4, 0.5) is 13.2 Å². The van der Waals surface area contributed by atoms with E-state index in [9.17, 15) is 18.4 Å². The number of hydrogen-bond donors (Lipinski definition) is 0. The summed E-state index contributed by atoms with van der Waals surface area (Å²) in [7, 11) is 0. The van der Waals surface area contributed by atoms with E-state index in [1.54, 1.807) is 12.1 Å². The van der Waals surface area contributed by atoms with E-state index < -0.39 is 5.92 Å². The fraction of sp³-hybridized carbons (Fsp3) is 0.450. The van der Waals surface area contributed by atoms with Crippen molar-refractivity contribution in [1.29, 1.82) is 5.26 Å². The summed E-state index contributed by atoms with van der Waals surface area (Å²) in [5.41, 5.74) is 2.95. The first-order chi connectivity index (χ1) is 12.5. The van der Waals surface area contributed by atoms with Gasteiger partial charge in [0.15, 0.2) is 0 Å². The number of fused-ring (bicyclic) bond motifs is 1.